The molecule has 0 spiro atoms. The number of nitrogens with one attached hydrogen (secondary N) is 2. The van der Waals surface area contributed by atoms with Crippen molar-refractivity contribution in [2.45, 2.75) is 89.6 Å². The van der Waals surface area contributed by atoms with Crippen molar-refractivity contribution in [2.75, 3.05) is 19.6 Å². The first kappa shape index (κ1) is 48.2. The average molecular weight is 839 g/mol. The molecule has 0 saturated carbocycles. The molecule has 0 bridgehead atoms. The molecule has 9 N–H and O–H groups in total. The molecule has 0 aliphatic rings. The Hall–Kier alpha value is -6.92. The summed E-state index contributed by atoms with van der Waals surface area (Å²) in [5.74, 6) is -11.7. The van der Waals surface area contributed by atoms with E-state index in [9.17, 15) is 68.4 Å². The number of carbonyl (C=O) groups is 10. The number of rotatable bonds is 30. The molecule has 25 nitrogen and oxygen atoms in total. The molecular formula is C34H46N8O17. The molecular weight excluding hydrogens is 792 g/mol. The summed E-state index contributed by atoms with van der Waals surface area (Å²) in [6.45, 7) is -2.26. The number of carboxylic acid groups (broad SMARTS) is 7. The molecule has 2 heterocycles. The highest BCUT2D eigenvalue weighted by Gasteiger charge is 2.28. The maximum atomic E-state index is 12.9. The van der Waals surface area contributed by atoms with Crippen molar-refractivity contribution >= 4 is 59.5 Å². The zero-order valence-corrected chi connectivity index (χ0v) is 31.5. The molecule has 0 aliphatic heterocycles. The molecule has 0 aromatic carbocycles. The minimum atomic E-state index is -1.67. The first-order chi connectivity index (χ1) is 27.7. The van der Waals surface area contributed by atoms with Crippen LogP contribution in [0.5, 0.6) is 0 Å². The molecule has 59 heavy (non-hydrogen) atoms. The number of hydrogen-bond donors (Lipinski definition) is 9. The van der Waals surface area contributed by atoms with Gasteiger partial charge in [-0.15, -0.1) is 0 Å². The van der Waals surface area contributed by atoms with Crippen molar-refractivity contribution < 1.29 is 83.7 Å². The van der Waals surface area contributed by atoms with Gasteiger partial charge >= 0.3 is 47.8 Å². The van der Waals surface area contributed by atoms with E-state index in [2.05, 4.69) is 9.97 Å². The van der Waals surface area contributed by atoms with E-state index < -0.39 is 136 Å². The molecule has 0 unspecified atom stereocenters. The third kappa shape index (κ3) is 18.3. The van der Waals surface area contributed by atoms with E-state index in [4.69, 9.17) is 15.3 Å². The van der Waals surface area contributed by atoms with Gasteiger partial charge in [-0.3, -0.25) is 38.5 Å². The Labute approximate surface area is 334 Å². The number of urea groups is 1. The number of hydrogen-bond acceptors (Lipinski definition) is 13. The summed E-state index contributed by atoms with van der Waals surface area (Å²) < 4.78 is 2.77. The van der Waals surface area contributed by atoms with Crippen LogP contribution in [0.25, 0.3) is 0 Å². The summed E-state index contributed by atoms with van der Waals surface area (Å²) in [6.07, 6.45) is 3.74. The van der Waals surface area contributed by atoms with Crippen molar-refractivity contribution in [1.29, 1.82) is 0 Å². The maximum Gasteiger partial charge on any atom is 0.326 e. The molecule has 3 atom stereocenters. The largest absolute Gasteiger partial charge is 0.481 e. The smallest absolute Gasteiger partial charge is 0.326 e. The quantitative estimate of drug-likeness (QED) is 0.0419. The predicted molar refractivity (Wildman–Crippen MR) is 193 cm³/mol. The lowest BCUT2D eigenvalue weighted by molar-refractivity contribution is -0.149. The lowest BCUT2D eigenvalue weighted by atomic mass is 9.94. The summed E-state index contributed by atoms with van der Waals surface area (Å²) in [6, 6.07) is -4.54. The highest BCUT2D eigenvalue weighted by atomic mass is 16.4. The summed E-state index contributed by atoms with van der Waals surface area (Å²) in [7, 11) is 0. The van der Waals surface area contributed by atoms with Crippen LogP contribution in [0.15, 0.2) is 24.8 Å². The van der Waals surface area contributed by atoms with E-state index in [1.807, 2.05) is 10.6 Å². The van der Waals surface area contributed by atoms with E-state index in [1.54, 1.807) is 4.90 Å². The van der Waals surface area contributed by atoms with Crippen LogP contribution in [0, 0.1) is 5.92 Å². The van der Waals surface area contributed by atoms with E-state index in [1.165, 1.54) is 33.9 Å². The summed E-state index contributed by atoms with van der Waals surface area (Å²) >= 11 is 0. The first-order valence-corrected chi connectivity index (χ1v) is 17.9. The van der Waals surface area contributed by atoms with Crippen LogP contribution in [-0.4, -0.2) is 156 Å². The van der Waals surface area contributed by atoms with Crippen molar-refractivity contribution in [3.05, 3.63) is 36.4 Å². The summed E-state index contributed by atoms with van der Waals surface area (Å²) in [4.78, 5) is 129. The average Bonchev–Trinajstić information content (AvgIpc) is 3.76. The Bertz CT molecular complexity index is 1830. The number of carbonyl (C=O) groups excluding carboxylic acids is 3. The van der Waals surface area contributed by atoms with Crippen molar-refractivity contribution in [3.8, 4) is 0 Å². The minimum Gasteiger partial charge on any atom is -0.481 e. The molecule has 2 aromatic heterocycles. The number of nitrogens with zero attached hydrogens (tertiary/aromatic N) is 6. The van der Waals surface area contributed by atoms with Crippen LogP contribution in [0.3, 0.4) is 0 Å². The van der Waals surface area contributed by atoms with Gasteiger partial charge in [0.25, 0.3) is 0 Å². The highest BCUT2D eigenvalue weighted by molar-refractivity contribution is 5.88. The van der Waals surface area contributed by atoms with Gasteiger partial charge < -0.3 is 60.4 Å². The van der Waals surface area contributed by atoms with Crippen molar-refractivity contribution in [3.63, 3.8) is 0 Å². The monoisotopic (exact) mass is 838 g/mol. The lowest BCUT2D eigenvalue weighted by Crippen LogP contribution is -2.51. The fourth-order valence-electron chi connectivity index (χ4n) is 5.70. The van der Waals surface area contributed by atoms with Gasteiger partial charge in [0.15, 0.2) is 0 Å². The van der Waals surface area contributed by atoms with Crippen LogP contribution in [0.1, 0.15) is 63.0 Å². The van der Waals surface area contributed by atoms with Gasteiger partial charge in [0.05, 0.1) is 19.0 Å². The maximum absolute atomic E-state index is 12.9. The highest BCUT2D eigenvalue weighted by Crippen LogP contribution is 2.18. The van der Waals surface area contributed by atoms with Gasteiger partial charge in [-0.05, 0) is 32.2 Å². The van der Waals surface area contributed by atoms with Gasteiger partial charge in [-0.25, -0.2) is 24.4 Å². The third-order valence-electron chi connectivity index (χ3n) is 8.62. The number of ketones is 1. The van der Waals surface area contributed by atoms with Gasteiger partial charge in [0.2, 0.25) is 5.91 Å². The molecule has 2 rings (SSSR count). The summed E-state index contributed by atoms with van der Waals surface area (Å²) in [5.41, 5.74) is 0. The molecule has 0 aliphatic carbocycles. The van der Waals surface area contributed by atoms with E-state index in [0.29, 0.717) is 23.0 Å². The fraction of sp³-hybridized carbons (Fsp3) is 0.529. The van der Waals surface area contributed by atoms with Crippen LogP contribution < -0.4 is 10.6 Å². The molecule has 0 radical (unpaired) electrons. The standard InChI is InChI=1S/C34H46N8O17/c43-21(4-5-22(32(55)56)37-34(59)38-23(33(57)58)6-7-27(45)46)13-20(31(53)54)3-1-2-10-39(15-25-36-9-12-41(25)17-28(47)48)14-24-35-8-11-40(24)16-26(44)42(18-29(49)50)19-30(51)52/h8-9,11-12,20,22-23H,1-7,10,13-19H2,(H,45,46)(H,47,48)(H,49,50)(H,51,52)(H,53,54)(H,55,56)(H,57,58)(H2,37,38,59)/t20-,22+,23+/m1/s1. The van der Waals surface area contributed by atoms with E-state index in [-0.39, 0.29) is 32.5 Å². The number of imidazole rings is 2. The third-order valence-corrected chi connectivity index (χ3v) is 8.62. The van der Waals surface area contributed by atoms with E-state index >= 15 is 0 Å². The number of unbranched alkanes of at least 4 members (excludes halogenated alkanes) is 1. The molecule has 324 valence electrons. The topological polar surface area (TPSA) is 378 Å². The minimum absolute atomic E-state index is 0.00457. The molecule has 0 fully saturated rings. The van der Waals surface area contributed by atoms with Crippen molar-refractivity contribution in [1.82, 2.24) is 39.5 Å². The first-order valence-electron chi connectivity index (χ1n) is 17.9. The van der Waals surface area contributed by atoms with Crippen LogP contribution in [0.2, 0.25) is 0 Å². The van der Waals surface area contributed by atoms with Gasteiger partial charge in [-0.2, -0.15) is 0 Å². The van der Waals surface area contributed by atoms with Crippen LogP contribution >= 0.6 is 0 Å². The zero-order chi connectivity index (χ0) is 44.2. The molecule has 25 heteroatoms. The molecule has 2 aromatic rings. The molecule has 0 saturated heterocycles. The zero-order valence-electron chi connectivity index (χ0n) is 31.5. The normalized spacial score (nSPS) is 12.5. The van der Waals surface area contributed by atoms with Crippen molar-refractivity contribution in [2.24, 2.45) is 5.92 Å². The Balaban J connectivity index is 2.08. The lowest BCUT2D eigenvalue weighted by Gasteiger charge is -2.24. The van der Waals surface area contributed by atoms with Crippen LogP contribution in [0.4, 0.5) is 4.79 Å². The Morgan fingerprint density at radius 3 is 1.58 bits per heavy atom. The Kier molecular flexibility index (Phi) is 19.6. The second kappa shape index (κ2) is 24.0. The summed E-state index contributed by atoms with van der Waals surface area (Å²) in [5, 5.41) is 68.9. The van der Waals surface area contributed by atoms with E-state index in [0.717, 1.165) is 0 Å². The number of carboxylic acids is 7. The van der Waals surface area contributed by atoms with Gasteiger partial charge in [0.1, 0.15) is 55.7 Å². The SMILES string of the molecule is O=C(O)CC[C@H](NC(=O)N[C@@H](CCC(=O)C[C@@H](CCCCN(Cc1nccn1CC(=O)O)Cc1nccn1CC(=O)N(CC(=O)O)CC(=O)O)C(=O)O)C(=O)O)C(=O)O. The van der Waals surface area contributed by atoms with Gasteiger partial charge in [0, 0.05) is 44.0 Å². The Morgan fingerprint density at radius 2 is 1.12 bits per heavy atom. The van der Waals surface area contributed by atoms with Crippen LogP contribution in [-0.2, 0) is 69.3 Å². The number of amides is 3. The number of aliphatic carboxylic acids is 7. The predicted octanol–water partition coefficient (Wildman–Crippen LogP) is -1.15. The fourth-order valence-corrected chi connectivity index (χ4v) is 5.70. The molecule has 3 amide bonds. The van der Waals surface area contributed by atoms with Gasteiger partial charge in [-0.1, -0.05) is 6.42 Å². The Morgan fingerprint density at radius 1 is 0.610 bits per heavy atom. The number of Topliss-reactive ketones (excluding diaryl/α,β-unsaturated/α-hetero) is 1. The number of aromatic nitrogens is 4. The second-order valence-corrected chi connectivity index (χ2v) is 13.2. The second-order valence-electron chi connectivity index (χ2n) is 13.2.